The van der Waals surface area contributed by atoms with Gasteiger partial charge >= 0.3 is 5.69 Å². The van der Waals surface area contributed by atoms with Crippen molar-refractivity contribution in [3.63, 3.8) is 0 Å². The van der Waals surface area contributed by atoms with E-state index < -0.39 is 11.8 Å². The molecule has 0 radical (unpaired) electrons. The van der Waals surface area contributed by atoms with E-state index in [1.54, 1.807) is 12.1 Å². The summed E-state index contributed by atoms with van der Waals surface area (Å²) in [5.41, 5.74) is 2.22. The monoisotopic (exact) mass is 399 g/mol. The third kappa shape index (κ3) is 4.61. The highest BCUT2D eigenvalue weighted by molar-refractivity contribution is 5.77. The molecule has 0 amide bonds. The van der Waals surface area contributed by atoms with Gasteiger partial charge in [-0.1, -0.05) is 78.9 Å². The Kier molecular flexibility index (Phi) is 5.96. The van der Waals surface area contributed by atoms with Crippen LogP contribution in [0.2, 0.25) is 0 Å². The largest absolute Gasteiger partial charge is 0.491 e. The minimum atomic E-state index is -0.914. The first-order valence-electron chi connectivity index (χ1n) is 9.66. The van der Waals surface area contributed by atoms with Crippen LogP contribution in [0.4, 0.5) is 0 Å². The van der Waals surface area contributed by atoms with Crippen LogP contribution in [0.1, 0.15) is 0 Å². The van der Waals surface area contributed by atoms with Gasteiger partial charge in [0.1, 0.15) is 29.8 Å². The average molecular weight is 399 g/mol. The van der Waals surface area contributed by atoms with Gasteiger partial charge < -0.3 is 9.84 Å². The van der Waals surface area contributed by atoms with Crippen molar-refractivity contribution in [2.75, 3.05) is 6.61 Å². The molecule has 30 heavy (non-hydrogen) atoms. The summed E-state index contributed by atoms with van der Waals surface area (Å²) in [5, 5.41) is 14.9. The molecule has 0 aliphatic heterocycles. The van der Waals surface area contributed by atoms with Gasteiger partial charge in [0.05, 0.1) is 6.54 Å². The molecule has 0 saturated carbocycles. The van der Waals surface area contributed by atoms with Crippen LogP contribution in [0.25, 0.3) is 22.5 Å². The molecule has 3 aromatic carbocycles. The molecule has 0 aliphatic carbocycles. The van der Waals surface area contributed by atoms with Gasteiger partial charge in [-0.2, -0.15) is 10.1 Å². The molecule has 6 heteroatoms. The summed E-state index contributed by atoms with van der Waals surface area (Å²) in [7, 11) is 0. The third-order valence-corrected chi connectivity index (χ3v) is 4.54. The first kappa shape index (κ1) is 19.5. The van der Waals surface area contributed by atoms with Gasteiger partial charge in [0.2, 0.25) is 0 Å². The number of aliphatic hydroxyl groups is 1. The van der Waals surface area contributed by atoms with Crippen molar-refractivity contribution in [3.05, 3.63) is 101 Å². The average Bonchev–Trinajstić information content (AvgIpc) is 2.80. The van der Waals surface area contributed by atoms with Crippen molar-refractivity contribution in [1.82, 2.24) is 14.8 Å². The standard InChI is InChI=1S/C24H21N3O3/c28-20(17-30-21-14-8-3-9-15-21)16-27-24(29)25-22(18-10-4-1-5-11-18)23(26-27)19-12-6-2-7-13-19/h1-15,20,28H,16-17H2/t20-/m0/s1. The predicted octanol–water partition coefficient (Wildman–Crippen LogP) is 3.41. The first-order valence-corrected chi connectivity index (χ1v) is 9.66. The number of benzene rings is 3. The molecular weight excluding hydrogens is 378 g/mol. The molecule has 0 unspecified atom stereocenters. The number of aliphatic hydroxyl groups excluding tert-OH is 1. The molecule has 1 heterocycles. The molecule has 1 aromatic heterocycles. The Hall–Kier alpha value is -3.77. The fourth-order valence-corrected chi connectivity index (χ4v) is 3.09. The molecular formula is C24H21N3O3. The number of hydrogen-bond donors (Lipinski definition) is 1. The number of rotatable bonds is 7. The van der Waals surface area contributed by atoms with Crippen molar-refractivity contribution in [3.8, 4) is 28.3 Å². The fraction of sp³-hybridized carbons (Fsp3) is 0.125. The van der Waals surface area contributed by atoms with Crippen molar-refractivity contribution in [2.24, 2.45) is 0 Å². The van der Waals surface area contributed by atoms with E-state index in [4.69, 9.17) is 4.74 Å². The lowest BCUT2D eigenvalue weighted by Gasteiger charge is -2.15. The lowest BCUT2D eigenvalue weighted by molar-refractivity contribution is 0.0876. The summed E-state index contributed by atoms with van der Waals surface area (Å²) in [4.78, 5) is 16.9. The van der Waals surface area contributed by atoms with Gasteiger partial charge in [-0.25, -0.2) is 9.48 Å². The summed E-state index contributed by atoms with van der Waals surface area (Å²) in [5.74, 6) is 0.652. The van der Waals surface area contributed by atoms with E-state index in [1.807, 2.05) is 78.9 Å². The van der Waals surface area contributed by atoms with Crippen LogP contribution in [0.3, 0.4) is 0 Å². The third-order valence-electron chi connectivity index (χ3n) is 4.54. The second-order valence-corrected chi connectivity index (χ2v) is 6.78. The lowest BCUT2D eigenvalue weighted by atomic mass is 10.0. The predicted molar refractivity (Wildman–Crippen MR) is 115 cm³/mol. The van der Waals surface area contributed by atoms with E-state index in [2.05, 4.69) is 10.1 Å². The van der Waals surface area contributed by atoms with E-state index in [-0.39, 0.29) is 13.2 Å². The second-order valence-electron chi connectivity index (χ2n) is 6.78. The fourth-order valence-electron chi connectivity index (χ4n) is 3.09. The summed E-state index contributed by atoms with van der Waals surface area (Å²) in [6.45, 7) is 0.0206. The number of aromatic nitrogens is 3. The molecule has 1 atom stereocenters. The van der Waals surface area contributed by atoms with Gasteiger partial charge in [0.15, 0.2) is 0 Å². The highest BCUT2D eigenvalue weighted by Crippen LogP contribution is 2.27. The molecule has 6 nitrogen and oxygen atoms in total. The van der Waals surface area contributed by atoms with E-state index in [1.165, 1.54) is 4.68 Å². The molecule has 0 spiro atoms. The normalized spacial score (nSPS) is 11.8. The Labute approximate surface area is 174 Å². The van der Waals surface area contributed by atoms with Crippen molar-refractivity contribution in [2.45, 2.75) is 12.6 Å². The first-order chi connectivity index (χ1) is 14.7. The maximum Gasteiger partial charge on any atom is 0.364 e. The molecule has 0 aliphatic rings. The highest BCUT2D eigenvalue weighted by Gasteiger charge is 2.16. The number of nitrogens with zero attached hydrogens (tertiary/aromatic N) is 3. The zero-order valence-electron chi connectivity index (χ0n) is 16.3. The summed E-state index contributed by atoms with van der Waals surface area (Å²) < 4.78 is 6.76. The van der Waals surface area contributed by atoms with Crippen LogP contribution < -0.4 is 10.4 Å². The minimum absolute atomic E-state index is 0.0203. The van der Waals surface area contributed by atoms with Gasteiger partial charge in [0.25, 0.3) is 0 Å². The van der Waals surface area contributed by atoms with Crippen LogP contribution in [-0.4, -0.2) is 32.6 Å². The van der Waals surface area contributed by atoms with Gasteiger partial charge in [0, 0.05) is 11.1 Å². The smallest absolute Gasteiger partial charge is 0.364 e. The Morgan fingerprint density at radius 1 is 0.800 bits per heavy atom. The number of para-hydroxylation sites is 1. The Balaban J connectivity index is 1.63. The molecule has 4 rings (SSSR count). The second kappa shape index (κ2) is 9.15. The van der Waals surface area contributed by atoms with Crippen LogP contribution in [0, 0.1) is 0 Å². The molecule has 150 valence electrons. The summed E-state index contributed by atoms with van der Waals surface area (Å²) >= 11 is 0. The number of ether oxygens (including phenoxy) is 1. The van der Waals surface area contributed by atoms with E-state index in [0.717, 1.165) is 11.1 Å². The Morgan fingerprint density at radius 3 is 1.93 bits per heavy atom. The molecule has 0 saturated heterocycles. The summed E-state index contributed by atoms with van der Waals surface area (Å²) in [6, 6.07) is 28.2. The van der Waals surface area contributed by atoms with Crippen LogP contribution >= 0.6 is 0 Å². The van der Waals surface area contributed by atoms with Crippen LogP contribution in [-0.2, 0) is 6.54 Å². The Bertz CT molecular complexity index is 1150. The van der Waals surface area contributed by atoms with Crippen molar-refractivity contribution in [1.29, 1.82) is 0 Å². The maximum absolute atomic E-state index is 12.6. The SMILES string of the molecule is O=c1nc(-c2ccccc2)c(-c2ccccc2)nn1C[C@H](O)COc1ccccc1. The zero-order valence-corrected chi connectivity index (χ0v) is 16.3. The van der Waals surface area contributed by atoms with E-state index >= 15 is 0 Å². The van der Waals surface area contributed by atoms with E-state index in [0.29, 0.717) is 17.1 Å². The van der Waals surface area contributed by atoms with Crippen molar-refractivity contribution < 1.29 is 9.84 Å². The quantitative estimate of drug-likeness (QED) is 0.515. The molecule has 0 fully saturated rings. The zero-order chi connectivity index (χ0) is 20.8. The van der Waals surface area contributed by atoms with E-state index in [9.17, 15) is 9.90 Å². The Morgan fingerprint density at radius 2 is 1.33 bits per heavy atom. The molecule has 1 N–H and O–H groups in total. The molecule has 0 bridgehead atoms. The van der Waals surface area contributed by atoms with Gasteiger partial charge in [-0.15, -0.1) is 0 Å². The van der Waals surface area contributed by atoms with Crippen LogP contribution in [0.5, 0.6) is 5.75 Å². The summed E-state index contributed by atoms with van der Waals surface area (Å²) in [6.07, 6.45) is -0.914. The van der Waals surface area contributed by atoms with Gasteiger partial charge in [-0.3, -0.25) is 0 Å². The lowest BCUT2D eigenvalue weighted by Crippen LogP contribution is -2.34. The van der Waals surface area contributed by atoms with Gasteiger partial charge in [-0.05, 0) is 12.1 Å². The van der Waals surface area contributed by atoms with Crippen LogP contribution in [0.15, 0.2) is 95.8 Å². The maximum atomic E-state index is 12.6. The van der Waals surface area contributed by atoms with Crippen molar-refractivity contribution >= 4 is 0 Å². The minimum Gasteiger partial charge on any atom is -0.491 e. The molecule has 4 aromatic rings. The topological polar surface area (TPSA) is 77.2 Å². The highest BCUT2D eigenvalue weighted by atomic mass is 16.5. The number of hydrogen-bond acceptors (Lipinski definition) is 5.